The lowest BCUT2D eigenvalue weighted by molar-refractivity contribution is -0.142. The molecule has 2 aromatic rings. The number of carbonyl (C=O) groups excluding carboxylic acids is 2. The number of methoxy groups -OCH3 is 1. The number of carbonyl (C=O) groups is 2. The van der Waals surface area contributed by atoms with Crippen molar-refractivity contribution in [1.82, 2.24) is 0 Å². The van der Waals surface area contributed by atoms with Crippen LogP contribution in [0.3, 0.4) is 0 Å². The zero-order valence-corrected chi connectivity index (χ0v) is 21.3. The van der Waals surface area contributed by atoms with Crippen LogP contribution < -0.4 is 20.7 Å². The van der Waals surface area contributed by atoms with Crippen molar-refractivity contribution in [3.05, 3.63) is 47.5 Å². The Morgan fingerprint density at radius 1 is 1.06 bits per heavy atom. The molecule has 35 heavy (non-hydrogen) atoms. The van der Waals surface area contributed by atoms with Crippen LogP contribution in [0.4, 0.5) is 5.69 Å². The fourth-order valence-corrected chi connectivity index (χ4v) is 4.12. The zero-order valence-electron chi connectivity index (χ0n) is 20.5. The third kappa shape index (κ3) is 5.84. The molecule has 0 radical (unpaired) electrons. The lowest BCUT2D eigenvalue weighted by Gasteiger charge is -2.32. The van der Waals surface area contributed by atoms with E-state index >= 15 is 0 Å². The number of rotatable bonds is 7. The average molecular weight is 504 g/mol. The summed E-state index contributed by atoms with van der Waals surface area (Å²) in [5.74, 6) is -0.946. The van der Waals surface area contributed by atoms with Crippen molar-refractivity contribution in [2.45, 2.75) is 57.3 Å². The second kappa shape index (κ2) is 9.61. The number of sulfonamides is 1. The molecule has 1 saturated heterocycles. The molecule has 1 heterocycles. The molecule has 0 saturated carbocycles. The number of esters is 1. The third-order valence-electron chi connectivity index (χ3n) is 6.07. The molecule has 1 amide bonds. The van der Waals surface area contributed by atoms with Crippen LogP contribution >= 0.6 is 0 Å². The molecule has 0 spiro atoms. The Morgan fingerprint density at radius 3 is 2.23 bits per heavy atom. The van der Waals surface area contributed by atoms with Crippen molar-refractivity contribution in [3.8, 4) is 5.75 Å². The molecule has 2 aromatic carbocycles. The number of hydrogen-bond acceptors (Lipinski definition) is 8. The number of hydrogen-bond donors (Lipinski definition) is 2. The van der Waals surface area contributed by atoms with E-state index in [4.69, 9.17) is 23.9 Å². The van der Waals surface area contributed by atoms with Crippen LogP contribution in [0.15, 0.2) is 41.3 Å². The van der Waals surface area contributed by atoms with E-state index in [2.05, 4.69) is 5.32 Å². The molecule has 0 unspecified atom stereocenters. The summed E-state index contributed by atoms with van der Waals surface area (Å²) in [6.07, 6.45) is 0. The second-order valence-corrected chi connectivity index (χ2v) is 10.7. The van der Waals surface area contributed by atoms with Gasteiger partial charge in [0.05, 0.1) is 18.3 Å². The van der Waals surface area contributed by atoms with Gasteiger partial charge in [0.2, 0.25) is 10.0 Å². The summed E-state index contributed by atoms with van der Waals surface area (Å²) in [6.45, 7) is 8.92. The highest BCUT2D eigenvalue weighted by Gasteiger charge is 2.52. The largest absolute Gasteiger partial charge is 0.495 e. The van der Waals surface area contributed by atoms with Gasteiger partial charge in [0.1, 0.15) is 17.3 Å². The minimum absolute atomic E-state index is 0.00282. The molecule has 3 N–H and O–H groups in total. The number of benzene rings is 2. The molecule has 1 aliphatic rings. The maximum absolute atomic E-state index is 13.0. The maximum Gasteiger partial charge on any atom is 0.495 e. The van der Waals surface area contributed by atoms with E-state index in [1.165, 1.54) is 32.2 Å². The lowest BCUT2D eigenvalue weighted by Crippen LogP contribution is -2.41. The minimum atomic E-state index is -3.99. The van der Waals surface area contributed by atoms with Gasteiger partial charge in [-0.25, -0.2) is 13.6 Å². The molecule has 0 bridgehead atoms. The normalized spacial score (nSPS) is 16.6. The molecule has 188 valence electrons. The third-order valence-corrected chi connectivity index (χ3v) is 7.02. The van der Waals surface area contributed by atoms with Crippen LogP contribution in [0, 0.1) is 0 Å². The summed E-state index contributed by atoms with van der Waals surface area (Å²) in [6, 6.07) is 8.89. The van der Waals surface area contributed by atoms with Crippen LogP contribution in [0.25, 0.3) is 0 Å². The van der Waals surface area contributed by atoms with Gasteiger partial charge in [-0.3, -0.25) is 9.59 Å². The first kappa shape index (κ1) is 26.7. The van der Waals surface area contributed by atoms with Crippen LogP contribution in [0.5, 0.6) is 5.75 Å². The smallest absolute Gasteiger partial charge is 0.495 e. The molecule has 0 aromatic heterocycles. The number of nitrogens with two attached hydrogens (primary N) is 1. The van der Waals surface area contributed by atoms with Crippen LogP contribution in [-0.2, 0) is 35.5 Å². The van der Waals surface area contributed by atoms with Crippen LogP contribution in [0.1, 0.15) is 50.5 Å². The molecule has 1 aliphatic heterocycles. The van der Waals surface area contributed by atoms with E-state index in [1.54, 1.807) is 18.2 Å². The topological polar surface area (TPSA) is 143 Å². The fraction of sp³-hybridized carbons (Fsp3) is 0.391. The Morgan fingerprint density at radius 2 is 1.69 bits per heavy atom. The second-order valence-electron chi connectivity index (χ2n) is 9.15. The van der Waals surface area contributed by atoms with Crippen molar-refractivity contribution >= 4 is 40.2 Å². The van der Waals surface area contributed by atoms with Gasteiger partial charge < -0.3 is 24.1 Å². The SMILES string of the molecule is COc1cc(NC(=O)c2ccc(B3OC(C)(C)C(C)(C)O3)c(COC(C)=O)c2)ccc1S(N)(=O)=O. The Hall–Kier alpha value is -2.93. The fourth-order valence-electron chi connectivity index (χ4n) is 3.43. The molecule has 3 rings (SSSR count). The first-order valence-electron chi connectivity index (χ1n) is 10.8. The monoisotopic (exact) mass is 504 g/mol. The van der Waals surface area contributed by atoms with Crippen molar-refractivity contribution in [1.29, 1.82) is 0 Å². The quantitative estimate of drug-likeness (QED) is 0.430. The number of ether oxygens (including phenoxy) is 2. The minimum Gasteiger partial charge on any atom is -0.495 e. The number of anilines is 1. The predicted octanol–water partition coefficient (Wildman–Crippen LogP) is 1.96. The van der Waals surface area contributed by atoms with E-state index in [9.17, 15) is 18.0 Å². The summed E-state index contributed by atoms with van der Waals surface area (Å²) in [5.41, 5.74) is 0.621. The van der Waals surface area contributed by atoms with Gasteiger partial charge in [-0.1, -0.05) is 6.07 Å². The van der Waals surface area contributed by atoms with Crippen LogP contribution in [0.2, 0.25) is 0 Å². The predicted molar refractivity (Wildman–Crippen MR) is 130 cm³/mol. The lowest BCUT2D eigenvalue weighted by atomic mass is 9.75. The van der Waals surface area contributed by atoms with Gasteiger partial charge in [-0.05, 0) is 63.0 Å². The first-order valence-corrected chi connectivity index (χ1v) is 12.3. The Kier molecular flexibility index (Phi) is 7.33. The van der Waals surface area contributed by atoms with E-state index in [-0.39, 0.29) is 22.8 Å². The van der Waals surface area contributed by atoms with E-state index in [0.29, 0.717) is 16.7 Å². The first-order chi connectivity index (χ1) is 16.1. The Balaban J connectivity index is 1.90. The van der Waals surface area contributed by atoms with Crippen molar-refractivity contribution in [2.24, 2.45) is 5.14 Å². The molecular formula is C23H29BN2O8S. The summed E-state index contributed by atoms with van der Waals surface area (Å²) in [5, 5.41) is 7.88. The summed E-state index contributed by atoms with van der Waals surface area (Å²) >= 11 is 0. The molecule has 12 heteroatoms. The van der Waals surface area contributed by atoms with E-state index in [0.717, 1.165) is 0 Å². The van der Waals surface area contributed by atoms with E-state index in [1.807, 2.05) is 27.7 Å². The van der Waals surface area contributed by atoms with Crippen LogP contribution in [-0.4, -0.2) is 45.7 Å². The van der Waals surface area contributed by atoms with Gasteiger partial charge in [0.15, 0.2) is 0 Å². The van der Waals surface area contributed by atoms with Gasteiger partial charge in [-0.2, -0.15) is 0 Å². The summed E-state index contributed by atoms with van der Waals surface area (Å²) < 4.78 is 45.9. The highest BCUT2D eigenvalue weighted by Crippen LogP contribution is 2.37. The molecular weight excluding hydrogens is 475 g/mol. The van der Waals surface area contributed by atoms with Crippen molar-refractivity contribution in [2.75, 3.05) is 12.4 Å². The molecule has 1 fully saturated rings. The number of primary sulfonamides is 1. The molecule has 0 aliphatic carbocycles. The standard InChI is InChI=1S/C23H29BN2O8S/c1-14(27)32-13-16-11-15(7-9-18(16)24-33-22(2,3)23(4,5)34-24)21(28)26-17-8-10-20(35(25,29)30)19(12-17)31-6/h7-12H,13H2,1-6H3,(H,26,28)(H2,25,29,30). The van der Waals surface area contributed by atoms with Crippen molar-refractivity contribution in [3.63, 3.8) is 0 Å². The number of nitrogens with one attached hydrogen (secondary N) is 1. The van der Waals surface area contributed by atoms with Gasteiger partial charge in [-0.15, -0.1) is 0 Å². The average Bonchev–Trinajstić information content (AvgIpc) is 2.97. The van der Waals surface area contributed by atoms with Gasteiger partial charge >= 0.3 is 13.1 Å². The Bertz CT molecular complexity index is 1240. The summed E-state index contributed by atoms with van der Waals surface area (Å²) in [4.78, 5) is 24.2. The van der Waals surface area contributed by atoms with Gasteiger partial charge in [0.25, 0.3) is 5.91 Å². The van der Waals surface area contributed by atoms with E-state index < -0.39 is 40.2 Å². The Labute approximate surface area is 205 Å². The highest BCUT2D eigenvalue weighted by molar-refractivity contribution is 7.89. The summed E-state index contributed by atoms with van der Waals surface area (Å²) in [7, 11) is -3.41. The van der Waals surface area contributed by atoms with Crippen molar-refractivity contribution < 1.29 is 36.8 Å². The number of amides is 1. The van der Waals surface area contributed by atoms with Gasteiger partial charge in [0, 0.05) is 24.2 Å². The molecule has 0 atom stereocenters. The molecule has 10 nitrogen and oxygen atoms in total. The highest BCUT2D eigenvalue weighted by atomic mass is 32.2. The maximum atomic E-state index is 13.0. The zero-order chi connectivity index (χ0) is 26.2.